The lowest BCUT2D eigenvalue weighted by Crippen LogP contribution is -2.42. The van der Waals surface area contributed by atoms with Gasteiger partial charge >= 0.3 is 6.03 Å². The summed E-state index contributed by atoms with van der Waals surface area (Å²) < 4.78 is 0. The number of amides is 4. The van der Waals surface area contributed by atoms with Crippen LogP contribution < -0.4 is 10.6 Å². The van der Waals surface area contributed by atoms with E-state index in [-0.39, 0.29) is 19.6 Å². The Bertz CT molecular complexity index is 274. The smallest absolute Gasteiger partial charge is 0.325 e. The number of rotatable bonds is 4. The van der Waals surface area contributed by atoms with E-state index in [1.54, 1.807) is 0 Å². The number of urea groups is 1. The number of nitrogens with zero attached hydrogens (tertiary/aromatic N) is 1. The molecule has 1 rings (SSSR count). The minimum atomic E-state index is -0.656. The molecule has 0 radical (unpaired) electrons. The van der Waals surface area contributed by atoms with Crippen molar-refractivity contribution >= 4 is 17.8 Å². The Morgan fingerprint density at radius 2 is 2.33 bits per heavy atom. The average Bonchev–Trinajstić information content (AvgIpc) is 2.46. The molecule has 0 aromatic rings. The van der Waals surface area contributed by atoms with E-state index in [9.17, 15) is 14.4 Å². The molecular weight excluding hydrogens is 202 g/mol. The van der Waals surface area contributed by atoms with Crippen LogP contribution in [-0.2, 0) is 9.59 Å². The van der Waals surface area contributed by atoms with E-state index in [1.165, 1.54) is 6.92 Å². The topological polar surface area (TPSA) is 98.7 Å². The number of carbonyl (C=O) groups excluding carboxylic acids is 3. The van der Waals surface area contributed by atoms with Crippen LogP contribution >= 0.6 is 0 Å². The third kappa shape index (κ3) is 3.21. The van der Waals surface area contributed by atoms with Gasteiger partial charge < -0.3 is 15.7 Å². The van der Waals surface area contributed by atoms with Crippen molar-refractivity contribution in [1.29, 1.82) is 0 Å². The van der Waals surface area contributed by atoms with Gasteiger partial charge in [-0.3, -0.25) is 14.5 Å². The van der Waals surface area contributed by atoms with Crippen LogP contribution in [-0.4, -0.2) is 53.6 Å². The summed E-state index contributed by atoms with van der Waals surface area (Å²) >= 11 is 0. The Hall–Kier alpha value is -1.63. The molecular formula is C8H13N3O4. The second kappa shape index (κ2) is 4.74. The van der Waals surface area contributed by atoms with Gasteiger partial charge in [-0.2, -0.15) is 0 Å². The van der Waals surface area contributed by atoms with Crippen LogP contribution in [0.5, 0.6) is 0 Å². The number of aliphatic hydroxyl groups is 1. The summed E-state index contributed by atoms with van der Waals surface area (Å²) in [6.07, 6.45) is -0.656. The molecule has 0 spiro atoms. The predicted molar refractivity (Wildman–Crippen MR) is 49.8 cm³/mol. The van der Waals surface area contributed by atoms with Crippen molar-refractivity contribution in [3.63, 3.8) is 0 Å². The molecule has 1 aliphatic heterocycles. The van der Waals surface area contributed by atoms with Crippen molar-refractivity contribution in [3.8, 4) is 0 Å². The van der Waals surface area contributed by atoms with Gasteiger partial charge in [-0.05, 0) is 6.92 Å². The first kappa shape index (κ1) is 11.4. The molecule has 0 aromatic heterocycles. The normalized spacial score (nSPS) is 17.6. The van der Waals surface area contributed by atoms with Gasteiger partial charge in [-0.15, -0.1) is 0 Å². The van der Waals surface area contributed by atoms with Gasteiger partial charge in [0, 0.05) is 6.54 Å². The van der Waals surface area contributed by atoms with Crippen molar-refractivity contribution in [2.45, 2.75) is 13.0 Å². The number of imide groups is 1. The van der Waals surface area contributed by atoms with Crippen molar-refractivity contribution in [2.24, 2.45) is 0 Å². The molecule has 7 nitrogen and oxygen atoms in total. The highest BCUT2D eigenvalue weighted by Gasteiger charge is 2.29. The van der Waals surface area contributed by atoms with E-state index in [0.717, 1.165) is 4.90 Å². The Labute approximate surface area is 86.4 Å². The molecule has 84 valence electrons. The van der Waals surface area contributed by atoms with Gasteiger partial charge in [-0.25, -0.2) is 4.79 Å². The van der Waals surface area contributed by atoms with Crippen molar-refractivity contribution < 1.29 is 19.5 Å². The zero-order chi connectivity index (χ0) is 11.4. The molecule has 7 heteroatoms. The summed E-state index contributed by atoms with van der Waals surface area (Å²) in [5, 5.41) is 13.6. The van der Waals surface area contributed by atoms with E-state index in [4.69, 9.17) is 5.11 Å². The van der Waals surface area contributed by atoms with Crippen molar-refractivity contribution in [1.82, 2.24) is 15.5 Å². The zero-order valence-corrected chi connectivity index (χ0v) is 8.32. The SMILES string of the molecule is C[C@H](O)CNC(=O)CN1C(=O)CNC1=O. The van der Waals surface area contributed by atoms with E-state index in [2.05, 4.69) is 10.6 Å². The first-order valence-electron chi connectivity index (χ1n) is 4.53. The average molecular weight is 215 g/mol. The quantitative estimate of drug-likeness (QED) is 0.474. The third-order valence-corrected chi connectivity index (χ3v) is 1.83. The van der Waals surface area contributed by atoms with Crippen LogP contribution in [0.3, 0.4) is 0 Å². The van der Waals surface area contributed by atoms with Crippen LogP contribution in [0.15, 0.2) is 0 Å². The molecule has 1 aliphatic rings. The number of carbonyl (C=O) groups is 3. The molecule has 0 saturated carbocycles. The highest BCUT2D eigenvalue weighted by molar-refractivity contribution is 6.04. The summed E-state index contributed by atoms with van der Waals surface area (Å²) in [5.41, 5.74) is 0. The molecule has 15 heavy (non-hydrogen) atoms. The second-order valence-corrected chi connectivity index (χ2v) is 3.29. The van der Waals surface area contributed by atoms with Crippen LogP contribution in [0, 0.1) is 0 Å². The van der Waals surface area contributed by atoms with Gasteiger partial charge in [0.2, 0.25) is 5.91 Å². The van der Waals surface area contributed by atoms with Gasteiger partial charge in [0.15, 0.2) is 0 Å². The Kier molecular flexibility index (Phi) is 3.62. The fourth-order valence-corrected chi connectivity index (χ4v) is 1.08. The number of aliphatic hydroxyl groups excluding tert-OH is 1. The molecule has 0 aliphatic carbocycles. The Balaban J connectivity index is 2.37. The maximum Gasteiger partial charge on any atom is 0.325 e. The molecule has 3 N–H and O–H groups in total. The number of nitrogens with one attached hydrogen (secondary N) is 2. The second-order valence-electron chi connectivity index (χ2n) is 3.29. The van der Waals surface area contributed by atoms with E-state index in [0.29, 0.717) is 0 Å². The lowest BCUT2D eigenvalue weighted by molar-refractivity contribution is -0.130. The van der Waals surface area contributed by atoms with Gasteiger partial charge in [-0.1, -0.05) is 0 Å². The maximum atomic E-state index is 11.2. The highest BCUT2D eigenvalue weighted by atomic mass is 16.3. The van der Waals surface area contributed by atoms with E-state index in [1.807, 2.05) is 0 Å². The van der Waals surface area contributed by atoms with Crippen LogP contribution in [0.25, 0.3) is 0 Å². The standard InChI is InChI=1S/C8H13N3O4/c1-5(12)2-9-6(13)4-11-7(14)3-10-8(11)15/h5,12H,2-4H2,1H3,(H,9,13)(H,10,15)/t5-/m0/s1. The van der Waals surface area contributed by atoms with Crippen LogP contribution in [0.4, 0.5) is 4.79 Å². The molecule has 0 bridgehead atoms. The zero-order valence-electron chi connectivity index (χ0n) is 8.32. The number of hydrogen-bond acceptors (Lipinski definition) is 4. The molecule has 0 unspecified atom stereocenters. The van der Waals surface area contributed by atoms with Gasteiger partial charge in [0.25, 0.3) is 5.91 Å². The van der Waals surface area contributed by atoms with Gasteiger partial charge in [0.1, 0.15) is 6.54 Å². The molecule has 1 atom stereocenters. The number of hydrogen-bond donors (Lipinski definition) is 3. The van der Waals surface area contributed by atoms with E-state index < -0.39 is 23.9 Å². The predicted octanol–water partition coefficient (Wildman–Crippen LogP) is -1.96. The molecule has 1 fully saturated rings. The molecule has 1 heterocycles. The van der Waals surface area contributed by atoms with Crippen molar-refractivity contribution in [3.05, 3.63) is 0 Å². The minimum absolute atomic E-state index is 0.0669. The lowest BCUT2D eigenvalue weighted by Gasteiger charge is -2.12. The van der Waals surface area contributed by atoms with Gasteiger partial charge in [0.05, 0.1) is 12.6 Å². The fourth-order valence-electron chi connectivity index (χ4n) is 1.08. The van der Waals surface area contributed by atoms with E-state index >= 15 is 0 Å². The summed E-state index contributed by atoms with van der Waals surface area (Å²) in [6, 6.07) is -0.563. The Morgan fingerprint density at radius 1 is 1.67 bits per heavy atom. The molecule has 1 saturated heterocycles. The fraction of sp³-hybridized carbons (Fsp3) is 0.625. The third-order valence-electron chi connectivity index (χ3n) is 1.83. The summed E-state index contributed by atoms with van der Waals surface area (Å²) in [4.78, 5) is 34.1. The first-order valence-corrected chi connectivity index (χ1v) is 4.53. The maximum absolute atomic E-state index is 11.2. The highest BCUT2D eigenvalue weighted by Crippen LogP contribution is 1.97. The van der Waals surface area contributed by atoms with Crippen LogP contribution in [0.2, 0.25) is 0 Å². The molecule has 0 aromatic carbocycles. The summed E-state index contributed by atoms with van der Waals surface area (Å²) in [7, 11) is 0. The molecule has 4 amide bonds. The summed E-state index contributed by atoms with van der Waals surface area (Å²) in [6.45, 7) is 1.25. The Morgan fingerprint density at radius 3 is 2.80 bits per heavy atom. The first-order chi connectivity index (χ1) is 7.00. The summed E-state index contributed by atoms with van der Waals surface area (Å²) in [5.74, 6) is -0.895. The largest absolute Gasteiger partial charge is 0.392 e. The van der Waals surface area contributed by atoms with Crippen molar-refractivity contribution in [2.75, 3.05) is 19.6 Å². The lowest BCUT2D eigenvalue weighted by atomic mass is 10.4. The van der Waals surface area contributed by atoms with Crippen LogP contribution in [0.1, 0.15) is 6.92 Å². The monoisotopic (exact) mass is 215 g/mol. The minimum Gasteiger partial charge on any atom is -0.392 e.